The van der Waals surface area contributed by atoms with E-state index in [0.29, 0.717) is 0 Å². The highest BCUT2D eigenvalue weighted by Gasteiger charge is 2.32. The second kappa shape index (κ2) is 14.0. The molecule has 4 unspecified atom stereocenters. The molecule has 0 spiro atoms. The summed E-state index contributed by atoms with van der Waals surface area (Å²) in [6, 6.07) is -5.23. The van der Waals surface area contributed by atoms with Gasteiger partial charge in [0.15, 0.2) is 0 Å². The number of amides is 3. The van der Waals surface area contributed by atoms with E-state index in [4.69, 9.17) is 15.9 Å². The van der Waals surface area contributed by atoms with Crippen LogP contribution in [0.2, 0.25) is 0 Å². The Kier molecular flexibility index (Phi) is 12.7. The monoisotopic (exact) mass is 474 g/mol. The average Bonchev–Trinajstić information content (AvgIpc) is 2.66. The summed E-state index contributed by atoms with van der Waals surface area (Å²) in [6.07, 6.45) is -1.35. The third-order valence-electron chi connectivity index (χ3n) is 4.58. The molecule has 0 aliphatic heterocycles. The molecule has 4 atom stereocenters. The Bertz CT molecular complexity index is 739. The van der Waals surface area contributed by atoms with Crippen molar-refractivity contribution >= 4 is 35.6 Å². The van der Waals surface area contributed by atoms with E-state index in [1.54, 1.807) is 27.7 Å². The Morgan fingerprint density at radius 3 is 1.73 bits per heavy atom. The summed E-state index contributed by atoms with van der Waals surface area (Å²) >= 11 is 0. The largest absolute Gasteiger partial charge is 0.481 e. The van der Waals surface area contributed by atoms with Crippen molar-refractivity contribution < 1.29 is 44.1 Å². The molecule has 0 aromatic carbocycles. The van der Waals surface area contributed by atoms with Crippen LogP contribution in [0.4, 0.5) is 0 Å². The molecule has 13 nitrogen and oxygen atoms in total. The summed E-state index contributed by atoms with van der Waals surface area (Å²) in [5.41, 5.74) is 5.51. The fourth-order valence-electron chi connectivity index (χ4n) is 2.84. The number of nitrogens with one attached hydrogen (secondary N) is 3. The normalized spacial score (nSPS) is 14.6. The van der Waals surface area contributed by atoms with Gasteiger partial charge in [-0.2, -0.15) is 0 Å². The van der Waals surface area contributed by atoms with Gasteiger partial charge in [0.25, 0.3) is 0 Å². The molecular formula is C20H34N4O9. The second-order valence-electron chi connectivity index (χ2n) is 8.46. The molecule has 0 radical (unpaired) electrons. The van der Waals surface area contributed by atoms with Gasteiger partial charge in [-0.1, -0.05) is 27.7 Å². The number of carboxylic acids is 3. The fraction of sp³-hybridized carbons (Fsp3) is 0.700. The molecule has 0 heterocycles. The number of carbonyl (C=O) groups excluding carboxylic acids is 3. The minimum Gasteiger partial charge on any atom is -0.481 e. The Balaban J connectivity index is 5.52. The van der Waals surface area contributed by atoms with Gasteiger partial charge in [-0.25, -0.2) is 4.79 Å². The van der Waals surface area contributed by atoms with Crippen molar-refractivity contribution in [3.05, 3.63) is 0 Å². The van der Waals surface area contributed by atoms with Gasteiger partial charge in [-0.05, 0) is 24.7 Å². The van der Waals surface area contributed by atoms with E-state index in [9.17, 15) is 33.9 Å². The van der Waals surface area contributed by atoms with Gasteiger partial charge >= 0.3 is 17.9 Å². The number of aliphatic carboxylic acids is 3. The van der Waals surface area contributed by atoms with Crippen LogP contribution in [0.15, 0.2) is 0 Å². The number of carbonyl (C=O) groups is 6. The van der Waals surface area contributed by atoms with Gasteiger partial charge in [0, 0.05) is 6.42 Å². The minimum atomic E-state index is -1.41. The van der Waals surface area contributed by atoms with E-state index in [0.717, 1.165) is 0 Å². The van der Waals surface area contributed by atoms with Crippen LogP contribution in [-0.4, -0.2) is 75.1 Å². The maximum absolute atomic E-state index is 12.8. The fourth-order valence-corrected chi connectivity index (χ4v) is 2.84. The van der Waals surface area contributed by atoms with E-state index in [1.165, 1.54) is 0 Å². The summed E-state index contributed by atoms with van der Waals surface area (Å²) in [7, 11) is 0. The van der Waals surface area contributed by atoms with Crippen molar-refractivity contribution in [3.8, 4) is 0 Å². The Labute approximate surface area is 191 Å². The first kappa shape index (κ1) is 29.8. The molecule has 0 fully saturated rings. The van der Waals surface area contributed by atoms with Gasteiger partial charge in [0.05, 0.1) is 12.5 Å². The van der Waals surface area contributed by atoms with E-state index < -0.39 is 78.6 Å². The molecule has 0 aromatic rings. The summed E-state index contributed by atoms with van der Waals surface area (Å²) in [5.74, 6) is -6.97. The van der Waals surface area contributed by atoms with Gasteiger partial charge in [0.2, 0.25) is 17.7 Å². The minimum absolute atomic E-state index is 0.0611. The zero-order chi connectivity index (χ0) is 25.9. The lowest BCUT2D eigenvalue weighted by Crippen LogP contribution is -2.58. The first-order chi connectivity index (χ1) is 15.1. The van der Waals surface area contributed by atoms with Crippen LogP contribution in [-0.2, 0) is 28.8 Å². The lowest BCUT2D eigenvalue weighted by Gasteiger charge is -2.27. The Morgan fingerprint density at radius 2 is 1.30 bits per heavy atom. The molecule has 188 valence electrons. The van der Waals surface area contributed by atoms with E-state index in [2.05, 4.69) is 16.0 Å². The van der Waals surface area contributed by atoms with Crippen molar-refractivity contribution in [1.29, 1.82) is 0 Å². The number of hydrogen-bond donors (Lipinski definition) is 7. The zero-order valence-electron chi connectivity index (χ0n) is 19.2. The molecular weight excluding hydrogens is 440 g/mol. The molecule has 0 rings (SSSR count). The first-order valence-electron chi connectivity index (χ1n) is 10.5. The first-order valence-corrected chi connectivity index (χ1v) is 10.5. The van der Waals surface area contributed by atoms with Gasteiger partial charge < -0.3 is 37.0 Å². The third-order valence-corrected chi connectivity index (χ3v) is 4.58. The molecule has 0 aliphatic rings. The lowest BCUT2D eigenvalue weighted by atomic mass is 10.0. The van der Waals surface area contributed by atoms with Crippen molar-refractivity contribution in [2.75, 3.05) is 0 Å². The highest BCUT2D eigenvalue weighted by atomic mass is 16.4. The smallest absolute Gasteiger partial charge is 0.326 e. The molecule has 8 N–H and O–H groups in total. The zero-order valence-corrected chi connectivity index (χ0v) is 19.2. The average molecular weight is 475 g/mol. The molecule has 13 heteroatoms. The van der Waals surface area contributed by atoms with Crippen LogP contribution >= 0.6 is 0 Å². The number of hydrogen-bond acceptors (Lipinski definition) is 7. The van der Waals surface area contributed by atoms with Crippen molar-refractivity contribution in [3.63, 3.8) is 0 Å². The predicted octanol–water partition coefficient (Wildman–Crippen LogP) is -1.11. The topological polar surface area (TPSA) is 225 Å². The van der Waals surface area contributed by atoms with Crippen LogP contribution in [0.5, 0.6) is 0 Å². The standard InChI is InChI=1S/C20H34N4O9/c1-9(2)7-13(20(32)33)23-18(30)12(5-6-14(25)26)22-19(31)16(10(3)4)24-17(29)11(21)8-15(27)28/h9-13,16H,5-8,21H2,1-4H3,(H,22,31)(H,23,30)(H,24,29)(H,25,26)(H,27,28)(H,32,33). The molecule has 0 aliphatic carbocycles. The van der Waals surface area contributed by atoms with Crippen LogP contribution in [0, 0.1) is 11.8 Å². The van der Waals surface area contributed by atoms with Gasteiger partial charge in [0.1, 0.15) is 18.1 Å². The van der Waals surface area contributed by atoms with Gasteiger partial charge in [-0.3, -0.25) is 24.0 Å². The Hall–Kier alpha value is -3.22. The highest BCUT2D eigenvalue weighted by Crippen LogP contribution is 2.09. The van der Waals surface area contributed by atoms with Crippen LogP contribution in [0.3, 0.4) is 0 Å². The van der Waals surface area contributed by atoms with E-state index in [1.807, 2.05) is 0 Å². The number of carboxylic acid groups (broad SMARTS) is 3. The van der Waals surface area contributed by atoms with Crippen molar-refractivity contribution in [2.24, 2.45) is 17.6 Å². The highest BCUT2D eigenvalue weighted by molar-refractivity contribution is 5.95. The molecule has 0 saturated heterocycles. The summed E-state index contributed by atoms with van der Waals surface area (Å²) in [6.45, 7) is 6.69. The lowest BCUT2D eigenvalue weighted by molar-refractivity contribution is -0.143. The quantitative estimate of drug-likeness (QED) is 0.151. The van der Waals surface area contributed by atoms with E-state index in [-0.39, 0.29) is 18.8 Å². The number of nitrogens with two attached hydrogens (primary N) is 1. The van der Waals surface area contributed by atoms with Crippen LogP contribution in [0.25, 0.3) is 0 Å². The van der Waals surface area contributed by atoms with Gasteiger partial charge in [-0.15, -0.1) is 0 Å². The SMILES string of the molecule is CC(C)CC(NC(=O)C(CCC(=O)O)NC(=O)C(NC(=O)C(N)CC(=O)O)C(C)C)C(=O)O. The molecule has 0 saturated carbocycles. The third kappa shape index (κ3) is 11.8. The van der Waals surface area contributed by atoms with Crippen LogP contribution < -0.4 is 21.7 Å². The summed E-state index contributed by atoms with van der Waals surface area (Å²) in [5, 5.41) is 34.0. The molecule has 0 bridgehead atoms. The van der Waals surface area contributed by atoms with Crippen LogP contribution in [0.1, 0.15) is 53.4 Å². The molecule has 3 amide bonds. The maximum Gasteiger partial charge on any atom is 0.326 e. The van der Waals surface area contributed by atoms with E-state index >= 15 is 0 Å². The second-order valence-corrected chi connectivity index (χ2v) is 8.46. The van der Waals surface area contributed by atoms with Crippen molar-refractivity contribution in [2.45, 2.75) is 77.5 Å². The van der Waals surface area contributed by atoms with Crippen molar-refractivity contribution in [1.82, 2.24) is 16.0 Å². The maximum atomic E-state index is 12.8. The molecule has 33 heavy (non-hydrogen) atoms. The molecule has 0 aromatic heterocycles. The predicted molar refractivity (Wildman–Crippen MR) is 115 cm³/mol. The number of rotatable bonds is 15. The Morgan fingerprint density at radius 1 is 0.758 bits per heavy atom. The summed E-state index contributed by atoms with van der Waals surface area (Å²) < 4.78 is 0. The summed E-state index contributed by atoms with van der Waals surface area (Å²) in [4.78, 5) is 70.8.